The lowest BCUT2D eigenvalue weighted by molar-refractivity contribution is -0.132. The van der Waals surface area contributed by atoms with E-state index in [9.17, 15) is 4.79 Å². The van der Waals surface area contributed by atoms with Crippen LogP contribution in [0.1, 0.15) is 28.9 Å². The first-order valence-electron chi connectivity index (χ1n) is 7.58. The van der Waals surface area contributed by atoms with Crippen LogP contribution in [0.25, 0.3) is 0 Å². The molecule has 0 saturated heterocycles. The zero-order chi connectivity index (χ0) is 15.7. The Morgan fingerprint density at radius 2 is 2.14 bits per heavy atom. The molecule has 0 radical (unpaired) electrons. The molecule has 0 N–H and O–H groups in total. The van der Waals surface area contributed by atoms with Crippen molar-refractivity contribution >= 4 is 21.8 Å². The van der Waals surface area contributed by atoms with Crippen molar-refractivity contribution in [1.82, 2.24) is 14.5 Å². The number of aryl methyl sites for hydroxylation is 2. The van der Waals surface area contributed by atoms with E-state index in [0.717, 1.165) is 35.5 Å². The van der Waals surface area contributed by atoms with Crippen LogP contribution in [0.15, 0.2) is 29.0 Å². The molecule has 1 amide bonds. The molecule has 1 aliphatic rings. The molecule has 0 atom stereocenters. The third kappa shape index (κ3) is 2.95. The van der Waals surface area contributed by atoms with E-state index in [1.165, 1.54) is 11.1 Å². The number of hydrogen-bond donors (Lipinski definition) is 0. The van der Waals surface area contributed by atoms with Gasteiger partial charge in [0.25, 0.3) is 0 Å². The van der Waals surface area contributed by atoms with Gasteiger partial charge in [-0.2, -0.15) is 0 Å². The van der Waals surface area contributed by atoms with Crippen LogP contribution in [0.2, 0.25) is 0 Å². The molecule has 2 aromatic rings. The molecule has 1 aliphatic heterocycles. The van der Waals surface area contributed by atoms with Gasteiger partial charge < -0.3 is 9.47 Å². The Bertz CT molecular complexity index is 708. The Morgan fingerprint density at radius 3 is 2.91 bits per heavy atom. The summed E-state index contributed by atoms with van der Waals surface area (Å²) in [6.45, 7) is 3.53. The van der Waals surface area contributed by atoms with E-state index in [4.69, 9.17) is 0 Å². The molecule has 0 saturated carbocycles. The number of nitrogens with zero attached hydrogens (tertiary/aromatic N) is 3. The summed E-state index contributed by atoms with van der Waals surface area (Å²) in [6, 6.07) is 8.27. The van der Waals surface area contributed by atoms with E-state index in [-0.39, 0.29) is 5.91 Å². The zero-order valence-electron chi connectivity index (χ0n) is 13.0. The van der Waals surface area contributed by atoms with Crippen LogP contribution in [0.5, 0.6) is 0 Å². The van der Waals surface area contributed by atoms with Crippen LogP contribution in [0.4, 0.5) is 0 Å². The second-order valence-electron chi connectivity index (χ2n) is 5.83. The van der Waals surface area contributed by atoms with Crippen LogP contribution in [0, 0.1) is 6.92 Å². The second kappa shape index (κ2) is 6.24. The summed E-state index contributed by atoms with van der Waals surface area (Å²) in [5.74, 6) is 0.228. The standard InChI is InChI=1S/C17H20BrN3O/c1-12-5-3-4-6-13(12)7-8-16(22)21-10-9-14-15(11-21)20(2)17(18)19-14/h3-6H,7-11H2,1-2H3. The predicted molar refractivity (Wildman–Crippen MR) is 89.5 cm³/mol. The topological polar surface area (TPSA) is 38.1 Å². The predicted octanol–water partition coefficient (Wildman–Crippen LogP) is 3.01. The van der Waals surface area contributed by atoms with Gasteiger partial charge in [-0.05, 0) is 40.4 Å². The molecule has 22 heavy (non-hydrogen) atoms. The Labute approximate surface area is 139 Å². The summed E-state index contributed by atoms with van der Waals surface area (Å²) in [6.07, 6.45) is 2.22. The van der Waals surface area contributed by atoms with E-state index < -0.39 is 0 Å². The average Bonchev–Trinajstić information content (AvgIpc) is 2.81. The molecule has 4 nitrogen and oxygen atoms in total. The van der Waals surface area contributed by atoms with Crippen LogP contribution < -0.4 is 0 Å². The van der Waals surface area contributed by atoms with Gasteiger partial charge >= 0.3 is 0 Å². The lowest BCUT2D eigenvalue weighted by Gasteiger charge is -2.27. The summed E-state index contributed by atoms with van der Waals surface area (Å²) in [7, 11) is 1.98. The van der Waals surface area contributed by atoms with Gasteiger partial charge in [-0.3, -0.25) is 4.79 Å². The number of hydrogen-bond acceptors (Lipinski definition) is 2. The van der Waals surface area contributed by atoms with Gasteiger partial charge in [-0.15, -0.1) is 0 Å². The molecule has 0 bridgehead atoms. The molecular formula is C17H20BrN3O. The van der Waals surface area contributed by atoms with Gasteiger partial charge in [0.15, 0.2) is 4.73 Å². The Kier molecular flexibility index (Phi) is 4.34. The summed E-state index contributed by atoms with van der Waals surface area (Å²) < 4.78 is 2.86. The molecule has 1 aromatic carbocycles. The molecule has 3 rings (SSSR count). The SMILES string of the molecule is Cc1ccccc1CCC(=O)N1CCc2nc(Br)n(C)c2C1. The lowest BCUT2D eigenvalue weighted by Crippen LogP contribution is -2.36. The quantitative estimate of drug-likeness (QED) is 0.842. The van der Waals surface area contributed by atoms with Crippen molar-refractivity contribution < 1.29 is 4.79 Å². The van der Waals surface area contributed by atoms with Crippen molar-refractivity contribution in [2.24, 2.45) is 7.05 Å². The maximum absolute atomic E-state index is 12.5. The first kappa shape index (κ1) is 15.3. The van der Waals surface area contributed by atoms with Gasteiger partial charge in [0, 0.05) is 26.4 Å². The molecular weight excluding hydrogens is 342 g/mol. The number of imidazole rings is 1. The number of aromatic nitrogens is 2. The van der Waals surface area contributed by atoms with Crippen molar-refractivity contribution in [2.75, 3.05) is 6.54 Å². The van der Waals surface area contributed by atoms with Crippen LogP contribution in [0.3, 0.4) is 0 Å². The molecule has 0 fully saturated rings. The van der Waals surface area contributed by atoms with Crippen molar-refractivity contribution in [3.8, 4) is 0 Å². The van der Waals surface area contributed by atoms with E-state index in [2.05, 4.69) is 40.0 Å². The number of halogens is 1. The number of fused-ring (bicyclic) bond motifs is 1. The van der Waals surface area contributed by atoms with Crippen molar-refractivity contribution in [3.05, 3.63) is 51.5 Å². The van der Waals surface area contributed by atoms with Crippen molar-refractivity contribution in [1.29, 1.82) is 0 Å². The second-order valence-corrected chi connectivity index (χ2v) is 6.53. The van der Waals surface area contributed by atoms with E-state index in [0.29, 0.717) is 13.0 Å². The highest BCUT2D eigenvalue weighted by Gasteiger charge is 2.24. The minimum absolute atomic E-state index is 0.228. The first-order valence-corrected chi connectivity index (χ1v) is 8.38. The Morgan fingerprint density at radius 1 is 1.36 bits per heavy atom. The molecule has 0 spiro atoms. The molecule has 2 heterocycles. The molecule has 5 heteroatoms. The van der Waals surface area contributed by atoms with Crippen molar-refractivity contribution in [2.45, 2.75) is 32.7 Å². The third-order valence-corrected chi connectivity index (χ3v) is 5.13. The average molecular weight is 362 g/mol. The van der Waals surface area contributed by atoms with Crippen molar-refractivity contribution in [3.63, 3.8) is 0 Å². The summed E-state index contributed by atoms with van der Waals surface area (Å²) >= 11 is 3.45. The number of carbonyl (C=O) groups excluding carboxylic acids is 1. The number of amides is 1. The molecule has 1 aromatic heterocycles. The minimum Gasteiger partial charge on any atom is -0.336 e. The van der Waals surface area contributed by atoms with Gasteiger partial charge in [-0.1, -0.05) is 24.3 Å². The maximum atomic E-state index is 12.5. The molecule has 0 aliphatic carbocycles. The highest BCUT2D eigenvalue weighted by molar-refractivity contribution is 9.10. The van der Waals surface area contributed by atoms with Crippen LogP contribution in [-0.4, -0.2) is 26.9 Å². The number of carbonyl (C=O) groups is 1. The summed E-state index contributed by atoms with van der Waals surface area (Å²) in [5.41, 5.74) is 4.77. The fraction of sp³-hybridized carbons (Fsp3) is 0.412. The zero-order valence-corrected chi connectivity index (χ0v) is 14.6. The van der Waals surface area contributed by atoms with E-state index in [1.807, 2.05) is 28.6 Å². The Hall–Kier alpha value is -1.62. The van der Waals surface area contributed by atoms with Gasteiger partial charge in [-0.25, -0.2) is 4.98 Å². The summed E-state index contributed by atoms with van der Waals surface area (Å²) in [4.78, 5) is 18.9. The number of benzene rings is 1. The normalized spacial score (nSPS) is 14.0. The largest absolute Gasteiger partial charge is 0.336 e. The van der Waals surface area contributed by atoms with E-state index >= 15 is 0 Å². The molecule has 116 valence electrons. The van der Waals surface area contributed by atoms with Crippen LogP contribution >= 0.6 is 15.9 Å². The highest BCUT2D eigenvalue weighted by Crippen LogP contribution is 2.22. The van der Waals surface area contributed by atoms with Gasteiger partial charge in [0.2, 0.25) is 5.91 Å². The third-order valence-electron chi connectivity index (χ3n) is 4.42. The molecule has 0 unspecified atom stereocenters. The van der Waals surface area contributed by atoms with Gasteiger partial charge in [0.05, 0.1) is 17.9 Å². The Balaban J connectivity index is 1.64. The van der Waals surface area contributed by atoms with E-state index in [1.54, 1.807) is 0 Å². The smallest absolute Gasteiger partial charge is 0.223 e. The summed E-state index contributed by atoms with van der Waals surface area (Å²) in [5, 5.41) is 0. The monoisotopic (exact) mass is 361 g/mol. The first-order chi connectivity index (χ1) is 10.6. The lowest BCUT2D eigenvalue weighted by atomic mass is 10.0. The minimum atomic E-state index is 0.228. The van der Waals surface area contributed by atoms with Gasteiger partial charge in [0.1, 0.15) is 0 Å². The maximum Gasteiger partial charge on any atom is 0.223 e. The fourth-order valence-corrected chi connectivity index (χ4v) is 3.39. The highest BCUT2D eigenvalue weighted by atomic mass is 79.9. The van der Waals surface area contributed by atoms with Crippen LogP contribution in [-0.2, 0) is 31.2 Å². The fourth-order valence-electron chi connectivity index (χ4n) is 2.96. The number of rotatable bonds is 3.